The Bertz CT molecular complexity index is 1050. The fraction of sp³-hybridized carbons (Fsp3) is 0.190. The molecule has 1 amide bonds. The zero-order chi connectivity index (χ0) is 18.8. The first-order chi connectivity index (χ1) is 13.1. The Morgan fingerprint density at radius 1 is 1.19 bits per heavy atom. The van der Waals surface area contributed by atoms with Crippen molar-refractivity contribution in [1.29, 1.82) is 0 Å². The summed E-state index contributed by atoms with van der Waals surface area (Å²) in [4.78, 5) is 29.8. The first-order valence-electron chi connectivity index (χ1n) is 8.75. The van der Waals surface area contributed by atoms with E-state index in [-0.39, 0.29) is 0 Å². The summed E-state index contributed by atoms with van der Waals surface area (Å²) in [5.41, 5.74) is 9.21. The largest absolute Gasteiger partial charge is 0.452 e. The average molecular weight is 378 g/mol. The van der Waals surface area contributed by atoms with Gasteiger partial charge in [0, 0.05) is 10.3 Å². The molecule has 1 aliphatic carbocycles. The Morgan fingerprint density at radius 2 is 2.04 bits per heavy atom. The van der Waals surface area contributed by atoms with E-state index in [2.05, 4.69) is 12.1 Å². The smallest absolute Gasteiger partial charge is 0.339 e. The predicted octanol–water partition coefficient (Wildman–Crippen LogP) is 3.82. The molecule has 0 spiro atoms. The number of rotatable bonds is 4. The zero-order valence-electron chi connectivity index (χ0n) is 14.6. The number of benzene rings is 1. The van der Waals surface area contributed by atoms with Crippen LogP contribution in [-0.4, -0.2) is 23.5 Å². The van der Waals surface area contributed by atoms with Crippen molar-refractivity contribution in [1.82, 2.24) is 4.98 Å². The lowest BCUT2D eigenvalue weighted by molar-refractivity contribution is -0.121. The van der Waals surface area contributed by atoms with Gasteiger partial charge in [0.25, 0.3) is 5.91 Å². The molecule has 0 saturated heterocycles. The fourth-order valence-corrected chi connectivity index (χ4v) is 4.14. The van der Waals surface area contributed by atoms with Crippen molar-refractivity contribution < 1.29 is 14.3 Å². The highest BCUT2D eigenvalue weighted by molar-refractivity contribution is 7.10. The van der Waals surface area contributed by atoms with Gasteiger partial charge >= 0.3 is 5.97 Å². The van der Waals surface area contributed by atoms with Crippen molar-refractivity contribution in [2.45, 2.75) is 19.3 Å². The number of aromatic nitrogens is 1. The van der Waals surface area contributed by atoms with Gasteiger partial charge in [-0.25, -0.2) is 9.78 Å². The minimum Gasteiger partial charge on any atom is -0.452 e. The standard InChI is InChI=1S/C21H18N2O3S/c22-18(24)12-26-21(25)19-15-7-1-2-9-17(15)23-20-13(5-3-8-16(19)20)11-14-6-4-10-27-14/h1-2,4,6-7,9-11H,3,5,8,12H2,(H2,22,24)/b13-11+. The van der Waals surface area contributed by atoms with Gasteiger partial charge in [0.2, 0.25) is 0 Å². The molecule has 0 radical (unpaired) electrons. The van der Waals surface area contributed by atoms with Crippen LogP contribution in [0.15, 0.2) is 41.8 Å². The first kappa shape index (κ1) is 17.4. The number of hydrogen-bond donors (Lipinski definition) is 1. The summed E-state index contributed by atoms with van der Waals surface area (Å²) in [6, 6.07) is 11.6. The van der Waals surface area contributed by atoms with Crippen molar-refractivity contribution >= 4 is 45.8 Å². The molecule has 0 aliphatic heterocycles. The number of carbonyl (C=O) groups is 2. The van der Waals surface area contributed by atoms with Gasteiger partial charge in [0.05, 0.1) is 16.8 Å². The van der Waals surface area contributed by atoms with Crippen LogP contribution in [-0.2, 0) is 16.0 Å². The van der Waals surface area contributed by atoms with Crippen LogP contribution in [0, 0.1) is 0 Å². The monoisotopic (exact) mass is 378 g/mol. The second-order valence-corrected chi connectivity index (χ2v) is 7.39. The number of thiophene rings is 1. The number of nitrogens with zero attached hydrogens (tertiary/aromatic N) is 1. The van der Waals surface area contributed by atoms with Gasteiger partial charge in [-0.3, -0.25) is 4.79 Å². The third-order valence-corrected chi connectivity index (χ3v) is 5.40. The van der Waals surface area contributed by atoms with E-state index in [9.17, 15) is 9.59 Å². The molecular weight excluding hydrogens is 360 g/mol. The van der Waals surface area contributed by atoms with Gasteiger partial charge in [-0.15, -0.1) is 11.3 Å². The number of allylic oxidation sites excluding steroid dienone is 1. The van der Waals surface area contributed by atoms with E-state index in [1.807, 2.05) is 35.7 Å². The Balaban J connectivity index is 1.89. The molecule has 0 unspecified atom stereocenters. The molecule has 1 aliphatic rings. The van der Waals surface area contributed by atoms with Crippen molar-refractivity contribution in [3.05, 3.63) is 63.5 Å². The van der Waals surface area contributed by atoms with Crippen molar-refractivity contribution in [3.63, 3.8) is 0 Å². The molecule has 0 fully saturated rings. The lowest BCUT2D eigenvalue weighted by Crippen LogP contribution is -2.22. The topological polar surface area (TPSA) is 82.3 Å². The molecular formula is C21H18N2O3S. The Hall–Kier alpha value is -2.99. The second kappa shape index (κ2) is 7.32. The van der Waals surface area contributed by atoms with Crippen molar-refractivity contribution in [2.24, 2.45) is 5.73 Å². The zero-order valence-corrected chi connectivity index (χ0v) is 15.4. The molecule has 0 bridgehead atoms. The maximum Gasteiger partial charge on any atom is 0.339 e. The molecule has 6 heteroatoms. The minimum absolute atomic E-state index is 0.428. The number of carbonyl (C=O) groups excluding carboxylic acids is 2. The third kappa shape index (κ3) is 3.48. The number of esters is 1. The van der Waals surface area contributed by atoms with Gasteiger partial charge in [0.15, 0.2) is 6.61 Å². The number of fused-ring (bicyclic) bond motifs is 2. The van der Waals surface area contributed by atoms with E-state index < -0.39 is 18.5 Å². The van der Waals surface area contributed by atoms with E-state index >= 15 is 0 Å². The molecule has 2 aromatic heterocycles. The summed E-state index contributed by atoms with van der Waals surface area (Å²) < 4.78 is 5.15. The van der Waals surface area contributed by atoms with Crippen LogP contribution in [0.3, 0.4) is 0 Å². The number of para-hydroxylation sites is 1. The molecule has 27 heavy (non-hydrogen) atoms. The Labute approximate surface area is 160 Å². The molecule has 0 atom stereocenters. The van der Waals surface area contributed by atoms with Gasteiger partial charge in [-0.1, -0.05) is 24.3 Å². The molecule has 3 aromatic rings. The molecule has 5 nitrogen and oxygen atoms in total. The van der Waals surface area contributed by atoms with E-state index in [4.69, 9.17) is 15.5 Å². The highest BCUT2D eigenvalue weighted by atomic mass is 32.1. The summed E-state index contributed by atoms with van der Waals surface area (Å²) in [6.07, 6.45) is 4.73. The molecule has 1 aromatic carbocycles. The second-order valence-electron chi connectivity index (χ2n) is 6.41. The van der Waals surface area contributed by atoms with E-state index in [1.54, 1.807) is 11.3 Å². The van der Waals surface area contributed by atoms with Crippen LogP contribution in [0.4, 0.5) is 0 Å². The van der Waals surface area contributed by atoms with Crippen LogP contribution in [0.1, 0.15) is 39.3 Å². The number of pyridine rings is 1. The van der Waals surface area contributed by atoms with Crippen molar-refractivity contribution in [2.75, 3.05) is 6.61 Å². The van der Waals surface area contributed by atoms with Gasteiger partial charge < -0.3 is 10.5 Å². The van der Waals surface area contributed by atoms with Crippen LogP contribution in [0.5, 0.6) is 0 Å². The number of primary amides is 1. The quantitative estimate of drug-likeness (QED) is 0.700. The van der Waals surface area contributed by atoms with Crippen molar-refractivity contribution in [3.8, 4) is 0 Å². The molecule has 4 rings (SSSR count). The fourth-order valence-electron chi connectivity index (χ4n) is 3.46. The Morgan fingerprint density at radius 3 is 2.81 bits per heavy atom. The van der Waals surface area contributed by atoms with Crippen LogP contribution >= 0.6 is 11.3 Å². The minimum atomic E-state index is -0.672. The van der Waals surface area contributed by atoms with E-state index in [0.717, 1.165) is 51.9 Å². The average Bonchev–Trinajstić information content (AvgIpc) is 3.18. The highest BCUT2D eigenvalue weighted by Crippen LogP contribution is 2.36. The summed E-state index contributed by atoms with van der Waals surface area (Å²) in [5.74, 6) is -1.20. The van der Waals surface area contributed by atoms with E-state index in [0.29, 0.717) is 5.56 Å². The molecule has 2 heterocycles. The van der Waals surface area contributed by atoms with Crippen LogP contribution in [0.25, 0.3) is 22.6 Å². The number of nitrogens with two attached hydrogens (primary N) is 1. The van der Waals surface area contributed by atoms with Crippen LogP contribution < -0.4 is 5.73 Å². The normalized spacial score (nSPS) is 14.9. The predicted molar refractivity (Wildman–Crippen MR) is 106 cm³/mol. The third-order valence-electron chi connectivity index (χ3n) is 4.58. The maximum atomic E-state index is 12.8. The summed E-state index contributed by atoms with van der Waals surface area (Å²) in [5, 5.41) is 2.78. The lowest BCUT2D eigenvalue weighted by Gasteiger charge is -2.22. The molecule has 2 N–H and O–H groups in total. The SMILES string of the molecule is NC(=O)COC(=O)c1c2c(nc3ccccc13)/C(=C/c1cccs1)CCC2. The van der Waals surface area contributed by atoms with Gasteiger partial charge in [-0.05, 0) is 54.0 Å². The maximum absolute atomic E-state index is 12.8. The number of ether oxygens (including phenoxy) is 1. The number of amides is 1. The summed E-state index contributed by atoms with van der Waals surface area (Å²) in [7, 11) is 0. The molecule has 136 valence electrons. The summed E-state index contributed by atoms with van der Waals surface area (Å²) >= 11 is 1.67. The lowest BCUT2D eigenvalue weighted by atomic mass is 9.86. The first-order valence-corrected chi connectivity index (χ1v) is 9.63. The summed E-state index contributed by atoms with van der Waals surface area (Å²) in [6.45, 7) is -0.428. The van der Waals surface area contributed by atoms with Crippen LogP contribution in [0.2, 0.25) is 0 Å². The molecule has 0 saturated carbocycles. The van der Waals surface area contributed by atoms with E-state index in [1.165, 1.54) is 0 Å². The number of hydrogen-bond acceptors (Lipinski definition) is 5. The van der Waals surface area contributed by atoms with Gasteiger partial charge in [-0.2, -0.15) is 0 Å². The Kier molecular flexibility index (Phi) is 4.73. The highest BCUT2D eigenvalue weighted by Gasteiger charge is 2.26. The van der Waals surface area contributed by atoms with Gasteiger partial charge in [0.1, 0.15) is 0 Å².